The van der Waals surface area contributed by atoms with E-state index in [1.54, 1.807) is 11.8 Å². The van der Waals surface area contributed by atoms with Gasteiger partial charge < -0.3 is 10.2 Å². The number of thioether (sulfide) groups is 1. The van der Waals surface area contributed by atoms with E-state index in [1.807, 2.05) is 4.68 Å². The molecule has 1 unspecified atom stereocenters. The lowest BCUT2D eigenvalue weighted by molar-refractivity contribution is -0.116. The molecule has 1 aromatic heterocycles. The van der Waals surface area contributed by atoms with Crippen LogP contribution in [-0.2, 0) is 4.79 Å². The van der Waals surface area contributed by atoms with Crippen molar-refractivity contribution in [1.29, 1.82) is 0 Å². The number of allylic oxidation sites excluding steroid dienone is 2. The van der Waals surface area contributed by atoms with Crippen LogP contribution in [0, 0.1) is 0 Å². The quantitative estimate of drug-likeness (QED) is 0.735. The van der Waals surface area contributed by atoms with Gasteiger partial charge in [0.2, 0.25) is 11.1 Å². The van der Waals surface area contributed by atoms with Gasteiger partial charge in [-0.15, -0.1) is 5.10 Å². The van der Waals surface area contributed by atoms with E-state index in [1.165, 1.54) is 5.69 Å². The molecule has 2 heterocycles. The molecule has 0 radical (unpaired) electrons. The van der Waals surface area contributed by atoms with Gasteiger partial charge >= 0.3 is 0 Å². The van der Waals surface area contributed by atoms with E-state index in [9.17, 15) is 4.79 Å². The second kappa shape index (κ2) is 7.99. The molecule has 0 saturated heterocycles. The Morgan fingerprint density at radius 1 is 1.18 bits per heavy atom. The molecule has 1 aromatic carbocycles. The first-order valence-electron chi connectivity index (χ1n) is 10.1. The Bertz CT molecular complexity index is 898. The largest absolute Gasteiger partial charge is 0.372 e. The molecule has 0 saturated carbocycles. The van der Waals surface area contributed by atoms with Crippen LogP contribution in [0.3, 0.4) is 0 Å². The zero-order chi connectivity index (χ0) is 19.7. The highest BCUT2D eigenvalue weighted by atomic mass is 32.2. The zero-order valence-electron chi connectivity index (χ0n) is 16.7. The standard InChI is InChI=1S/C21H27N5OS/c1-4-25(5-2)15-12-10-14(11-13-15)19-18-16(8-7-9-17(18)27)22-20-23-21(28-6-3)24-26(19)20/h10-13,19H,4-9H2,1-3H3,(H,22,23,24). The maximum absolute atomic E-state index is 12.8. The molecular formula is C21H27N5OS. The van der Waals surface area contributed by atoms with Gasteiger partial charge in [0.1, 0.15) is 6.04 Å². The van der Waals surface area contributed by atoms with Crippen LogP contribution < -0.4 is 10.2 Å². The third-order valence-corrected chi connectivity index (χ3v) is 6.18. The summed E-state index contributed by atoms with van der Waals surface area (Å²) in [6.07, 6.45) is 2.39. The highest BCUT2D eigenvalue weighted by Crippen LogP contribution is 2.40. The smallest absolute Gasteiger partial charge is 0.227 e. The van der Waals surface area contributed by atoms with Crippen LogP contribution in [0.15, 0.2) is 40.7 Å². The minimum Gasteiger partial charge on any atom is -0.372 e. The third kappa shape index (κ3) is 3.32. The Hall–Kier alpha value is -2.28. The molecule has 0 fully saturated rings. The number of rotatable bonds is 6. The molecule has 2 aromatic rings. The summed E-state index contributed by atoms with van der Waals surface area (Å²) in [5, 5.41) is 8.86. The monoisotopic (exact) mass is 397 g/mol. The predicted octanol–water partition coefficient (Wildman–Crippen LogP) is 4.26. The van der Waals surface area contributed by atoms with Crippen molar-refractivity contribution in [2.24, 2.45) is 0 Å². The highest BCUT2D eigenvalue weighted by molar-refractivity contribution is 7.99. The van der Waals surface area contributed by atoms with Crippen molar-refractivity contribution in [3.8, 4) is 0 Å². The van der Waals surface area contributed by atoms with Crippen molar-refractivity contribution in [2.75, 3.05) is 29.1 Å². The lowest BCUT2D eigenvalue weighted by atomic mass is 9.85. The fraction of sp³-hybridized carbons (Fsp3) is 0.476. The van der Waals surface area contributed by atoms with E-state index in [0.717, 1.165) is 59.6 Å². The number of fused-ring (bicyclic) bond motifs is 1. The molecule has 1 atom stereocenters. The summed E-state index contributed by atoms with van der Waals surface area (Å²) in [6.45, 7) is 8.37. The van der Waals surface area contributed by atoms with E-state index in [-0.39, 0.29) is 11.8 Å². The summed E-state index contributed by atoms with van der Waals surface area (Å²) in [4.78, 5) is 19.8. The number of anilines is 2. The second-order valence-electron chi connectivity index (χ2n) is 7.06. The predicted molar refractivity (Wildman–Crippen MR) is 114 cm³/mol. The number of Topliss-reactive ketones (excluding diaryl/α,β-unsaturated/α-hetero) is 1. The fourth-order valence-corrected chi connectivity index (χ4v) is 4.65. The molecule has 28 heavy (non-hydrogen) atoms. The van der Waals surface area contributed by atoms with E-state index in [0.29, 0.717) is 6.42 Å². The second-order valence-corrected chi connectivity index (χ2v) is 8.29. The Labute approximate surface area is 170 Å². The Morgan fingerprint density at radius 3 is 2.61 bits per heavy atom. The van der Waals surface area contributed by atoms with Gasteiger partial charge in [0.05, 0.1) is 0 Å². The normalized spacial score (nSPS) is 18.5. The Morgan fingerprint density at radius 2 is 1.93 bits per heavy atom. The fourth-order valence-electron chi connectivity index (χ4n) is 4.09. The number of aromatic nitrogens is 3. The third-order valence-electron chi connectivity index (χ3n) is 5.46. The van der Waals surface area contributed by atoms with Gasteiger partial charge in [-0.25, -0.2) is 4.68 Å². The van der Waals surface area contributed by atoms with Gasteiger partial charge in [-0.2, -0.15) is 4.98 Å². The number of ketones is 1. The summed E-state index contributed by atoms with van der Waals surface area (Å²) in [5.74, 6) is 1.87. The minimum absolute atomic E-state index is 0.205. The maximum Gasteiger partial charge on any atom is 0.227 e. The minimum atomic E-state index is -0.205. The molecular weight excluding hydrogens is 370 g/mol. The van der Waals surface area contributed by atoms with Crippen molar-refractivity contribution in [3.63, 3.8) is 0 Å². The van der Waals surface area contributed by atoms with Crippen LogP contribution in [0.5, 0.6) is 0 Å². The number of hydrogen-bond acceptors (Lipinski definition) is 6. The lowest BCUT2D eigenvalue weighted by Crippen LogP contribution is -2.31. The lowest BCUT2D eigenvalue weighted by Gasteiger charge is -2.32. The maximum atomic E-state index is 12.8. The molecule has 1 N–H and O–H groups in total. The number of benzene rings is 1. The van der Waals surface area contributed by atoms with Crippen LogP contribution in [0.25, 0.3) is 0 Å². The summed E-state index contributed by atoms with van der Waals surface area (Å²) in [7, 11) is 0. The molecule has 0 amide bonds. The van der Waals surface area contributed by atoms with Crippen LogP contribution in [0.2, 0.25) is 0 Å². The molecule has 0 spiro atoms. The Balaban J connectivity index is 1.78. The number of nitrogens with zero attached hydrogens (tertiary/aromatic N) is 4. The van der Waals surface area contributed by atoms with Gasteiger partial charge in [-0.1, -0.05) is 30.8 Å². The van der Waals surface area contributed by atoms with Gasteiger partial charge in [0, 0.05) is 36.5 Å². The topological polar surface area (TPSA) is 63.1 Å². The van der Waals surface area contributed by atoms with Gasteiger partial charge in [0.25, 0.3) is 0 Å². The number of carbonyl (C=O) groups excluding carboxylic acids is 1. The average molecular weight is 398 g/mol. The van der Waals surface area contributed by atoms with Gasteiger partial charge in [-0.05, 0) is 50.1 Å². The number of nitrogens with one attached hydrogen (secondary N) is 1. The molecule has 2 aliphatic rings. The van der Waals surface area contributed by atoms with E-state index in [2.05, 4.69) is 60.2 Å². The first-order chi connectivity index (χ1) is 13.7. The van der Waals surface area contributed by atoms with Crippen molar-refractivity contribution >= 4 is 29.2 Å². The van der Waals surface area contributed by atoms with Gasteiger partial charge in [-0.3, -0.25) is 4.79 Å². The molecule has 6 nitrogen and oxygen atoms in total. The molecule has 148 valence electrons. The van der Waals surface area contributed by atoms with Gasteiger partial charge in [0.15, 0.2) is 5.78 Å². The average Bonchev–Trinajstić information content (AvgIpc) is 3.10. The summed E-state index contributed by atoms with van der Waals surface area (Å²) < 4.78 is 1.90. The Kier molecular flexibility index (Phi) is 5.44. The number of hydrogen-bond donors (Lipinski definition) is 1. The van der Waals surface area contributed by atoms with Crippen LogP contribution in [0.4, 0.5) is 11.6 Å². The van der Waals surface area contributed by atoms with Crippen molar-refractivity contribution in [1.82, 2.24) is 14.8 Å². The molecule has 1 aliphatic heterocycles. The number of carbonyl (C=O) groups is 1. The summed E-state index contributed by atoms with van der Waals surface area (Å²) in [6, 6.07) is 8.36. The van der Waals surface area contributed by atoms with Crippen LogP contribution in [-0.4, -0.2) is 39.4 Å². The summed E-state index contributed by atoms with van der Waals surface area (Å²) >= 11 is 1.62. The first-order valence-corrected chi connectivity index (χ1v) is 11.1. The first kappa shape index (κ1) is 19.1. The van der Waals surface area contributed by atoms with E-state index < -0.39 is 0 Å². The highest BCUT2D eigenvalue weighted by Gasteiger charge is 2.36. The SMILES string of the molecule is CCSc1nc2n(n1)C(c1ccc(N(CC)CC)cc1)C1=C(CCCC1=O)N2. The van der Waals surface area contributed by atoms with E-state index in [4.69, 9.17) is 5.10 Å². The van der Waals surface area contributed by atoms with Crippen molar-refractivity contribution in [2.45, 2.75) is 51.2 Å². The zero-order valence-corrected chi connectivity index (χ0v) is 17.6. The molecule has 1 aliphatic carbocycles. The molecule has 4 rings (SSSR count). The molecule has 0 bridgehead atoms. The van der Waals surface area contributed by atoms with E-state index >= 15 is 0 Å². The van der Waals surface area contributed by atoms with Crippen LogP contribution >= 0.6 is 11.8 Å². The summed E-state index contributed by atoms with van der Waals surface area (Å²) in [5.41, 5.74) is 4.15. The van der Waals surface area contributed by atoms with Crippen LogP contribution in [0.1, 0.15) is 51.6 Å². The van der Waals surface area contributed by atoms with Crippen molar-refractivity contribution < 1.29 is 4.79 Å². The molecule has 7 heteroatoms. The van der Waals surface area contributed by atoms with Crippen molar-refractivity contribution in [3.05, 3.63) is 41.1 Å².